The summed E-state index contributed by atoms with van der Waals surface area (Å²) in [5.41, 5.74) is 0. The van der Waals surface area contributed by atoms with Crippen LogP contribution < -0.4 is 6.15 Å². The van der Waals surface area contributed by atoms with E-state index in [0.29, 0.717) is 0 Å². The summed E-state index contributed by atoms with van der Waals surface area (Å²) in [6, 6.07) is 1.83. The van der Waals surface area contributed by atoms with Crippen LogP contribution in [0.3, 0.4) is 0 Å². The molecule has 0 saturated heterocycles. The molecule has 5 nitrogen and oxygen atoms in total. The van der Waals surface area contributed by atoms with Gasteiger partial charge in [0.05, 0.1) is 0 Å². The van der Waals surface area contributed by atoms with Crippen molar-refractivity contribution < 1.29 is 10.2 Å². The molecule has 0 aliphatic heterocycles. The molecule has 0 aliphatic carbocycles. The summed E-state index contributed by atoms with van der Waals surface area (Å²) in [6.07, 6.45) is 3.12. The predicted molar refractivity (Wildman–Crippen MR) is 58.3 cm³/mol. The zero-order valence-corrected chi connectivity index (χ0v) is 9.44. The third-order valence-corrected chi connectivity index (χ3v) is 0.406. The number of hydrogen-bond donors (Lipinski definition) is 4. The lowest BCUT2D eigenvalue weighted by Gasteiger charge is -1.80. The summed E-state index contributed by atoms with van der Waals surface area (Å²) in [7, 11) is 0. The fourth-order valence-corrected chi connectivity index (χ4v) is 0.215. The number of aromatic amines is 1. The van der Waals surface area contributed by atoms with Crippen molar-refractivity contribution in [3.05, 3.63) is 18.5 Å². The molecule has 0 radical (unpaired) electrons. The topological polar surface area (TPSA) is 104 Å². The van der Waals surface area contributed by atoms with Crippen molar-refractivity contribution in [3.63, 3.8) is 0 Å². The lowest BCUT2D eigenvalue weighted by atomic mass is 10.5. The Hall–Kier alpha value is -0.910. The molecule has 1 aromatic heterocycles. The van der Waals surface area contributed by atoms with Crippen molar-refractivity contribution >= 4 is 0 Å². The molecule has 5 heteroatoms. The highest BCUT2D eigenvalue weighted by atomic mass is 16.3. The molecule has 0 unspecified atom stereocenters. The fourth-order valence-electron chi connectivity index (χ4n) is 0.215. The molecule has 86 valence electrons. The van der Waals surface area contributed by atoms with Gasteiger partial charge in [-0.15, -0.1) is 0 Å². The van der Waals surface area contributed by atoms with Gasteiger partial charge in [0, 0.05) is 24.6 Å². The Bertz CT molecular complexity index is 124. The predicted octanol–water partition coefficient (Wildman–Crippen LogP) is 1.35. The smallest absolute Gasteiger partial charge is 0.0487 e. The minimum absolute atomic E-state index is 0. The number of aliphatic hydroxyl groups is 2. The number of H-pyrrole nitrogens is 1. The first kappa shape index (κ1) is 18.8. The van der Waals surface area contributed by atoms with Gasteiger partial charge in [-0.1, -0.05) is 0 Å². The van der Waals surface area contributed by atoms with Crippen LogP contribution in [0, 0.1) is 0 Å². The molecule has 0 atom stereocenters. The zero-order chi connectivity index (χ0) is 10.7. The molecule has 0 spiro atoms. The van der Waals surface area contributed by atoms with Crippen LogP contribution in [0.15, 0.2) is 18.5 Å². The molecule has 6 N–H and O–H groups in total. The lowest BCUT2D eigenvalue weighted by molar-refractivity contribution is 0.215. The average Bonchev–Trinajstić information content (AvgIpc) is 2.35. The molecule has 0 amide bonds. The largest absolute Gasteiger partial charge is 0.394 e. The Balaban J connectivity index is -0.000000127. The van der Waals surface area contributed by atoms with Crippen LogP contribution in [0.1, 0.15) is 27.7 Å². The molecule has 0 saturated carbocycles. The van der Waals surface area contributed by atoms with Crippen molar-refractivity contribution in [2.75, 3.05) is 0 Å². The van der Waals surface area contributed by atoms with E-state index in [0.717, 1.165) is 0 Å². The minimum Gasteiger partial charge on any atom is -0.394 e. The molecule has 1 aromatic rings. The number of rotatable bonds is 0. The van der Waals surface area contributed by atoms with Gasteiger partial charge in [0.15, 0.2) is 0 Å². The van der Waals surface area contributed by atoms with E-state index in [1.807, 2.05) is 6.07 Å². The summed E-state index contributed by atoms with van der Waals surface area (Å²) in [5, 5.41) is 22.3. The highest BCUT2D eigenvalue weighted by Crippen LogP contribution is 1.65. The van der Waals surface area contributed by atoms with E-state index in [2.05, 4.69) is 10.2 Å². The van der Waals surface area contributed by atoms with Crippen LogP contribution in [0.2, 0.25) is 0 Å². The van der Waals surface area contributed by atoms with Crippen LogP contribution in [0.25, 0.3) is 0 Å². The summed E-state index contributed by atoms with van der Waals surface area (Å²) in [5.74, 6) is 0. The maximum atomic E-state index is 8.06. The van der Waals surface area contributed by atoms with Gasteiger partial charge < -0.3 is 16.4 Å². The van der Waals surface area contributed by atoms with Gasteiger partial charge in [-0.3, -0.25) is 5.10 Å². The summed E-state index contributed by atoms with van der Waals surface area (Å²) in [6.45, 7) is 6.89. The third kappa shape index (κ3) is 67.5. The highest BCUT2D eigenvalue weighted by Gasteiger charge is 1.69. The SMILES string of the molecule is CC(C)O.CC(C)O.N.c1cn[nH]c1. The molecule has 0 bridgehead atoms. The average molecular weight is 205 g/mol. The Morgan fingerprint density at radius 1 is 1.07 bits per heavy atom. The van der Waals surface area contributed by atoms with Gasteiger partial charge in [-0.05, 0) is 33.8 Å². The van der Waals surface area contributed by atoms with Crippen LogP contribution >= 0.6 is 0 Å². The van der Waals surface area contributed by atoms with Crippen LogP contribution in [-0.4, -0.2) is 32.6 Å². The highest BCUT2D eigenvalue weighted by molar-refractivity contribution is 4.72. The van der Waals surface area contributed by atoms with Crippen LogP contribution in [-0.2, 0) is 0 Å². The van der Waals surface area contributed by atoms with E-state index >= 15 is 0 Å². The molecule has 1 rings (SSSR count). The second-order valence-electron chi connectivity index (χ2n) is 2.95. The van der Waals surface area contributed by atoms with E-state index in [-0.39, 0.29) is 18.4 Å². The fraction of sp³-hybridized carbons (Fsp3) is 0.667. The van der Waals surface area contributed by atoms with Crippen LogP contribution in [0.5, 0.6) is 0 Å². The molecule has 0 fully saturated rings. The minimum atomic E-state index is -0.167. The Labute approximate surface area is 85.8 Å². The van der Waals surface area contributed by atoms with E-state index in [1.54, 1.807) is 40.1 Å². The Morgan fingerprint density at radius 3 is 1.50 bits per heavy atom. The van der Waals surface area contributed by atoms with Crippen molar-refractivity contribution in [1.29, 1.82) is 0 Å². The molecular weight excluding hydrogens is 182 g/mol. The number of nitrogens with zero attached hydrogens (tertiary/aromatic N) is 1. The normalized spacial score (nSPS) is 8.00. The quantitative estimate of drug-likeness (QED) is 0.513. The Kier molecular flexibility index (Phi) is 19.6. The number of aliphatic hydroxyl groups excluding tert-OH is 2. The first-order valence-electron chi connectivity index (χ1n) is 4.26. The van der Waals surface area contributed by atoms with E-state index in [1.165, 1.54) is 0 Å². The van der Waals surface area contributed by atoms with E-state index < -0.39 is 0 Å². The van der Waals surface area contributed by atoms with E-state index in [4.69, 9.17) is 10.2 Å². The number of hydrogen-bond acceptors (Lipinski definition) is 4. The van der Waals surface area contributed by atoms with E-state index in [9.17, 15) is 0 Å². The molecule has 1 heterocycles. The van der Waals surface area contributed by atoms with Gasteiger partial charge in [-0.2, -0.15) is 5.10 Å². The maximum Gasteiger partial charge on any atom is 0.0487 e. The van der Waals surface area contributed by atoms with Crippen molar-refractivity contribution in [2.45, 2.75) is 39.9 Å². The lowest BCUT2D eigenvalue weighted by Crippen LogP contribution is -1.85. The first-order valence-corrected chi connectivity index (χ1v) is 4.26. The molecule has 0 aliphatic rings. The van der Waals surface area contributed by atoms with Crippen molar-refractivity contribution in [2.24, 2.45) is 0 Å². The van der Waals surface area contributed by atoms with Gasteiger partial charge in [0.25, 0.3) is 0 Å². The molecule has 0 aromatic carbocycles. The summed E-state index contributed by atoms with van der Waals surface area (Å²) >= 11 is 0. The summed E-state index contributed by atoms with van der Waals surface area (Å²) in [4.78, 5) is 0. The van der Waals surface area contributed by atoms with Crippen LogP contribution in [0.4, 0.5) is 0 Å². The second-order valence-corrected chi connectivity index (χ2v) is 2.95. The molecular formula is C9H23N3O2. The summed E-state index contributed by atoms with van der Waals surface area (Å²) < 4.78 is 0. The Morgan fingerprint density at radius 2 is 1.43 bits per heavy atom. The first-order chi connectivity index (χ1) is 5.96. The second kappa shape index (κ2) is 14.6. The van der Waals surface area contributed by atoms with Gasteiger partial charge >= 0.3 is 0 Å². The number of nitrogens with one attached hydrogen (secondary N) is 1. The van der Waals surface area contributed by atoms with Gasteiger partial charge in [0.2, 0.25) is 0 Å². The third-order valence-electron chi connectivity index (χ3n) is 0.406. The molecule has 14 heavy (non-hydrogen) atoms. The van der Waals surface area contributed by atoms with Gasteiger partial charge in [0.1, 0.15) is 0 Å². The standard InChI is InChI=1S/C3H4N2.2C3H8O.H3N/c1-2-4-5-3-1;2*1-3(2)4;/h1-3H,(H,4,5);2*3-4H,1-2H3;1H3. The van der Waals surface area contributed by atoms with Gasteiger partial charge in [-0.25, -0.2) is 0 Å². The monoisotopic (exact) mass is 205 g/mol. The maximum absolute atomic E-state index is 8.06. The van der Waals surface area contributed by atoms with Crippen molar-refractivity contribution in [1.82, 2.24) is 16.3 Å². The number of aromatic nitrogens is 2. The zero-order valence-electron chi connectivity index (χ0n) is 9.44. The van der Waals surface area contributed by atoms with Crippen molar-refractivity contribution in [3.8, 4) is 0 Å².